The number of phenolic OH excluding ortho intramolecular Hbond substituents is 1. The first kappa shape index (κ1) is 9.78. The van der Waals surface area contributed by atoms with Gasteiger partial charge in [0.05, 0.1) is 0 Å². The van der Waals surface area contributed by atoms with Gasteiger partial charge in [-0.1, -0.05) is 36.4 Å². The fraction of sp³-hybridized carbons (Fsp3) is 0.143. The summed E-state index contributed by atoms with van der Waals surface area (Å²) in [4.78, 5) is 0. The van der Waals surface area contributed by atoms with Crippen LogP contribution in [0, 0.1) is 6.92 Å². The Morgan fingerprint density at radius 2 is 1.93 bits per heavy atom. The van der Waals surface area contributed by atoms with Gasteiger partial charge in [-0.25, -0.2) is 0 Å². The number of fused-ring (bicyclic) bond motifs is 1. The van der Waals surface area contributed by atoms with Crippen molar-refractivity contribution in [1.29, 1.82) is 0 Å². The van der Waals surface area contributed by atoms with Gasteiger partial charge in [0.2, 0.25) is 0 Å². The highest BCUT2D eigenvalue weighted by atomic mass is 16.3. The molecule has 0 amide bonds. The van der Waals surface area contributed by atoms with Gasteiger partial charge in [0, 0.05) is 5.39 Å². The Hall–Kier alpha value is -1.76. The number of hydrogen-bond acceptors (Lipinski definition) is 1. The summed E-state index contributed by atoms with van der Waals surface area (Å²) in [6, 6.07) is 9.94. The van der Waals surface area contributed by atoms with Crippen molar-refractivity contribution in [2.45, 2.75) is 13.3 Å². The van der Waals surface area contributed by atoms with Gasteiger partial charge in [-0.05, 0) is 29.9 Å². The minimum absolute atomic E-state index is 0.387. The molecule has 2 aromatic carbocycles. The molecule has 1 heteroatoms. The number of allylic oxidation sites excluding steroid dienone is 1. The molecule has 2 aromatic rings. The summed E-state index contributed by atoms with van der Waals surface area (Å²) in [7, 11) is 0. The zero-order chi connectivity index (χ0) is 10.8. The maximum Gasteiger partial charge on any atom is 0.126 e. The Morgan fingerprint density at radius 3 is 2.60 bits per heavy atom. The Bertz CT molecular complexity index is 512. The number of aryl methyl sites for hydroxylation is 1. The van der Waals surface area contributed by atoms with Gasteiger partial charge in [-0.3, -0.25) is 0 Å². The molecule has 0 aromatic heterocycles. The molecule has 0 radical (unpaired) electrons. The monoisotopic (exact) mass is 198 g/mol. The Balaban J connectivity index is 2.81. The Labute approximate surface area is 89.7 Å². The summed E-state index contributed by atoms with van der Waals surface area (Å²) in [6.45, 7) is 5.68. The first-order chi connectivity index (χ1) is 7.24. The number of hydrogen-bond donors (Lipinski definition) is 1. The lowest BCUT2D eigenvalue weighted by Crippen LogP contribution is -1.87. The van der Waals surface area contributed by atoms with Crippen LogP contribution in [0.2, 0.25) is 0 Å². The number of benzene rings is 2. The molecule has 0 aliphatic rings. The van der Waals surface area contributed by atoms with Crippen molar-refractivity contribution in [3.05, 3.63) is 54.1 Å². The largest absolute Gasteiger partial charge is 0.507 e. The van der Waals surface area contributed by atoms with Crippen LogP contribution in [0.1, 0.15) is 11.1 Å². The molecule has 0 heterocycles. The molecule has 0 bridgehead atoms. The third kappa shape index (κ3) is 1.61. The van der Waals surface area contributed by atoms with Crippen molar-refractivity contribution < 1.29 is 5.11 Å². The smallest absolute Gasteiger partial charge is 0.126 e. The minimum atomic E-state index is 0.387. The van der Waals surface area contributed by atoms with E-state index in [1.165, 1.54) is 5.56 Å². The molecule has 0 spiro atoms. The van der Waals surface area contributed by atoms with Crippen LogP contribution in [0.5, 0.6) is 5.75 Å². The van der Waals surface area contributed by atoms with Crippen molar-refractivity contribution in [3.63, 3.8) is 0 Å². The quantitative estimate of drug-likeness (QED) is 0.731. The lowest BCUT2D eigenvalue weighted by molar-refractivity contribution is 0.477. The van der Waals surface area contributed by atoms with E-state index < -0.39 is 0 Å². The van der Waals surface area contributed by atoms with E-state index in [0.29, 0.717) is 5.75 Å². The fourth-order valence-electron chi connectivity index (χ4n) is 1.91. The fourth-order valence-corrected chi connectivity index (χ4v) is 1.91. The van der Waals surface area contributed by atoms with Crippen molar-refractivity contribution in [2.75, 3.05) is 0 Å². The third-order valence-corrected chi connectivity index (χ3v) is 2.66. The summed E-state index contributed by atoms with van der Waals surface area (Å²) in [5.41, 5.74) is 2.14. The van der Waals surface area contributed by atoms with Gasteiger partial charge in [0.15, 0.2) is 0 Å². The molecule has 1 N–H and O–H groups in total. The Morgan fingerprint density at radius 1 is 1.27 bits per heavy atom. The summed E-state index contributed by atoms with van der Waals surface area (Å²) in [5.74, 6) is 0.387. The molecule has 0 aliphatic heterocycles. The standard InChI is InChI=1S/C14H14O/c1-3-6-11-9-10(2)14(15)13-8-5-4-7-12(11)13/h3-5,7-9,15H,1,6H2,2H3. The number of rotatable bonds is 2. The van der Waals surface area contributed by atoms with Crippen LogP contribution < -0.4 is 0 Å². The molecule has 0 unspecified atom stereocenters. The van der Waals surface area contributed by atoms with Gasteiger partial charge in [0.1, 0.15) is 5.75 Å². The second-order valence-electron chi connectivity index (χ2n) is 3.74. The normalized spacial score (nSPS) is 10.5. The number of phenols is 1. The molecule has 0 saturated heterocycles. The van der Waals surface area contributed by atoms with Crippen LogP contribution >= 0.6 is 0 Å². The van der Waals surface area contributed by atoms with E-state index in [1.807, 2.05) is 43.3 Å². The number of aromatic hydroxyl groups is 1. The molecule has 15 heavy (non-hydrogen) atoms. The van der Waals surface area contributed by atoms with Crippen LogP contribution in [0.4, 0.5) is 0 Å². The topological polar surface area (TPSA) is 20.2 Å². The van der Waals surface area contributed by atoms with Crippen molar-refractivity contribution in [1.82, 2.24) is 0 Å². The van der Waals surface area contributed by atoms with Gasteiger partial charge in [-0.15, -0.1) is 6.58 Å². The first-order valence-electron chi connectivity index (χ1n) is 5.05. The van der Waals surface area contributed by atoms with E-state index >= 15 is 0 Å². The maximum absolute atomic E-state index is 9.93. The van der Waals surface area contributed by atoms with E-state index in [0.717, 1.165) is 22.8 Å². The van der Waals surface area contributed by atoms with E-state index in [-0.39, 0.29) is 0 Å². The molecular weight excluding hydrogens is 184 g/mol. The van der Waals surface area contributed by atoms with Gasteiger partial charge in [0.25, 0.3) is 0 Å². The average molecular weight is 198 g/mol. The molecule has 0 atom stereocenters. The molecule has 1 nitrogen and oxygen atoms in total. The highest BCUT2D eigenvalue weighted by Gasteiger charge is 2.06. The van der Waals surface area contributed by atoms with E-state index in [2.05, 4.69) is 6.58 Å². The third-order valence-electron chi connectivity index (χ3n) is 2.66. The summed E-state index contributed by atoms with van der Waals surface area (Å²) in [5, 5.41) is 12.0. The van der Waals surface area contributed by atoms with Crippen molar-refractivity contribution in [2.24, 2.45) is 0 Å². The molecule has 0 fully saturated rings. The van der Waals surface area contributed by atoms with Crippen molar-refractivity contribution >= 4 is 10.8 Å². The van der Waals surface area contributed by atoms with Gasteiger partial charge >= 0.3 is 0 Å². The van der Waals surface area contributed by atoms with Crippen LogP contribution in [0.3, 0.4) is 0 Å². The minimum Gasteiger partial charge on any atom is -0.507 e. The zero-order valence-corrected chi connectivity index (χ0v) is 8.83. The molecule has 0 saturated carbocycles. The van der Waals surface area contributed by atoms with Crippen LogP contribution in [0.25, 0.3) is 10.8 Å². The molecule has 0 aliphatic carbocycles. The highest BCUT2D eigenvalue weighted by molar-refractivity contribution is 5.92. The molecule has 76 valence electrons. The second kappa shape index (κ2) is 3.77. The van der Waals surface area contributed by atoms with E-state index in [4.69, 9.17) is 0 Å². The van der Waals surface area contributed by atoms with Gasteiger partial charge in [-0.2, -0.15) is 0 Å². The zero-order valence-electron chi connectivity index (χ0n) is 8.83. The SMILES string of the molecule is C=CCc1cc(C)c(O)c2ccccc12. The predicted octanol–water partition coefficient (Wildman–Crippen LogP) is 3.58. The molecular formula is C14H14O. The molecule has 2 rings (SSSR count). The summed E-state index contributed by atoms with van der Waals surface area (Å²) >= 11 is 0. The van der Waals surface area contributed by atoms with Gasteiger partial charge < -0.3 is 5.11 Å². The lowest BCUT2D eigenvalue weighted by atomic mass is 9.98. The summed E-state index contributed by atoms with van der Waals surface area (Å²) in [6.07, 6.45) is 2.72. The average Bonchev–Trinajstić information content (AvgIpc) is 2.26. The van der Waals surface area contributed by atoms with Crippen LogP contribution in [-0.4, -0.2) is 5.11 Å². The van der Waals surface area contributed by atoms with Crippen molar-refractivity contribution in [3.8, 4) is 5.75 Å². The van der Waals surface area contributed by atoms with E-state index in [1.54, 1.807) is 0 Å². The van der Waals surface area contributed by atoms with E-state index in [9.17, 15) is 5.11 Å². The highest BCUT2D eigenvalue weighted by Crippen LogP contribution is 2.31. The second-order valence-corrected chi connectivity index (χ2v) is 3.74. The predicted molar refractivity (Wildman–Crippen MR) is 64.3 cm³/mol. The first-order valence-corrected chi connectivity index (χ1v) is 5.05. The lowest BCUT2D eigenvalue weighted by Gasteiger charge is -2.09. The van der Waals surface area contributed by atoms with Crippen LogP contribution in [0.15, 0.2) is 43.0 Å². The maximum atomic E-state index is 9.93. The Kier molecular flexibility index (Phi) is 2.46. The summed E-state index contributed by atoms with van der Waals surface area (Å²) < 4.78 is 0. The van der Waals surface area contributed by atoms with Crippen LogP contribution in [-0.2, 0) is 6.42 Å².